The number of carbonyl (C=O) groups is 2. The zero-order valence-electron chi connectivity index (χ0n) is 18.7. The van der Waals surface area contributed by atoms with Crippen LogP contribution in [0.3, 0.4) is 0 Å². The molecule has 178 valence electrons. The number of benzene rings is 2. The summed E-state index contributed by atoms with van der Waals surface area (Å²) in [5, 5.41) is 2.78. The third kappa shape index (κ3) is 4.05. The van der Waals surface area contributed by atoms with Crippen LogP contribution in [0.15, 0.2) is 41.2 Å². The van der Waals surface area contributed by atoms with Crippen LogP contribution in [-0.4, -0.2) is 41.8 Å². The minimum absolute atomic E-state index is 0.0442. The number of ether oxygens (including phenoxy) is 1. The standard InChI is InChI=1S/C25H19F2N3O4Se/c1-12-19(11-16-15-10-14(26)6-7-18(15)29-23(16)31)28-13(2)21(12)25(33)34-9-8-30-24(32)22-17(27)4-3-5-20(22)35-30/h3-7,10-11,28H,8-9H2,1-2H3,(H,29,31)/b16-11-. The van der Waals surface area contributed by atoms with Crippen molar-refractivity contribution in [3.8, 4) is 0 Å². The summed E-state index contributed by atoms with van der Waals surface area (Å²) in [6.45, 7) is 3.54. The van der Waals surface area contributed by atoms with Crippen molar-refractivity contribution in [1.29, 1.82) is 0 Å². The average molecular weight is 542 g/mol. The van der Waals surface area contributed by atoms with Gasteiger partial charge in [0.25, 0.3) is 0 Å². The number of halogens is 2. The Hall–Kier alpha value is -3.75. The predicted molar refractivity (Wildman–Crippen MR) is 129 cm³/mol. The van der Waals surface area contributed by atoms with Crippen LogP contribution in [0, 0.1) is 25.5 Å². The van der Waals surface area contributed by atoms with Gasteiger partial charge in [-0.05, 0) is 12.1 Å². The molecule has 2 aromatic carbocycles. The van der Waals surface area contributed by atoms with E-state index in [2.05, 4.69) is 10.3 Å². The van der Waals surface area contributed by atoms with E-state index in [0.717, 1.165) is 0 Å². The van der Waals surface area contributed by atoms with Gasteiger partial charge in [-0.1, -0.05) is 0 Å². The maximum atomic E-state index is 14.0. The van der Waals surface area contributed by atoms with Gasteiger partial charge in [0.05, 0.1) is 0 Å². The molecule has 0 fully saturated rings. The fraction of sp³-hybridized carbons (Fsp3) is 0.160. The fourth-order valence-corrected chi connectivity index (χ4v) is 6.27. The van der Waals surface area contributed by atoms with Crippen LogP contribution in [0.25, 0.3) is 21.3 Å². The van der Waals surface area contributed by atoms with Crippen molar-refractivity contribution in [1.82, 2.24) is 8.55 Å². The average Bonchev–Trinajstić information content (AvgIpc) is 3.40. The molecule has 1 aliphatic rings. The SMILES string of the molecule is Cc1[nH]c(/C=C2\C(=O)Nc3ccc(F)cc32)c(C)c1C(=O)OCCn1[se]c2cccc(F)c2c1=O. The molecule has 0 bridgehead atoms. The van der Waals surface area contributed by atoms with Gasteiger partial charge in [-0.15, -0.1) is 0 Å². The molecule has 4 aromatic rings. The van der Waals surface area contributed by atoms with Crippen LogP contribution < -0.4 is 10.9 Å². The molecule has 0 saturated carbocycles. The second kappa shape index (κ2) is 8.79. The first-order valence-corrected chi connectivity index (χ1v) is 12.3. The van der Waals surface area contributed by atoms with E-state index in [4.69, 9.17) is 4.74 Å². The summed E-state index contributed by atoms with van der Waals surface area (Å²) >= 11 is -0.377. The first-order valence-electron chi connectivity index (χ1n) is 10.7. The molecule has 0 atom stereocenters. The van der Waals surface area contributed by atoms with Crippen molar-refractivity contribution in [2.75, 3.05) is 11.9 Å². The van der Waals surface area contributed by atoms with E-state index in [1.165, 1.54) is 27.8 Å². The Morgan fingerprint density at radius 2 is 1.97 bits per heavy atom. The number of hydrogen-bond acceptors (Lipinski definition) is 4. The van der Waals surface area contributed by atoms with Crippen molar-refractivity contribution >= 4 is 53.6 Å². The van der Waals surface area contributed by atoms with Gasteiger partial charge in [-0.25, -0.2) is 4.39 Å². The fourth-order valence-electron chi connectivity index (χ4n) is 4.19. The van der Waals surface area contributed by atoms with E-state index in [1.54, 1.807) is 32.1 Å². The van der Waals surface area contributed by atoms with E-state index >= 15 is 0 Å². The molecule has 7 nitrogen and oxygen atoms in total. The van der Waals surface area contributed by atoms with E-state index in [9.17, 15) is 23.2 Å². The molecule has 2 aromatic heterocycles. The predicted octanol–water partition coefficient (Wildman–Crippen LogP) is 3.63. The summed E-state index contributed by atoms with van der Waals surface area (Å²) < 4.78 is 35.3. The van der Waals surface area contributed by atoms with Crippen LogP contribution in [-0.2, 0) is 16.1 Å². The van der Waals surface area contributed by atoms with Crippen LogP contribution in [0.5, 0.6) is 0 Å². The molecule has 10 heteroatoms. The molecule has 0 saturated heterocycles. The number of aryl methyl sites for hydroxylation is 1. The van der Waals surface area contributed by atoms with Crippen LogP contribution in [0.1, 0.15) is 32.9 Å². The molecule has 0 aliphatic carbocycles. The normalized spacial score (nSPS) is 13.9. The molecule has 0 spiro atoms. The van der Waals surface area contributed by atoms with Crippen molar-refractivity contribution < 1.29 is 23.1 Å². The first-order chi connectivity index (χ1) is 16.7. The van der Waals surface area contributed by atoms with Gasteiger partial charge in [0.1, 0.15) is 5.82 Å². The van der Waals surface area contributed by atoms with E-state index in [0.29, 0.717) is 38.0 Å². The molecule has 0 radical (unpaired) electrons. The van der Waals surface area contributed by atoms with Gasteiger partial charge in [-0.3, -0.25) is 0 Å². The summed E-state index contributed by atoms with van der Waals surface area (Å²) in [4.78, 5) is 40.8. The van der Waals surface area contributed by atoms with Gasteiger partial charge >= 0.3 is 182 Å². The van der Waals surface area contributed by atoms with Crippen molar-refractivity contribution in [3.05, 3.63) is 86.5 Å². The minimum atomic E-state index is -0.578. The maximum absolute atomic E-state index is 14.0. The number of amides is 1. The third-order valence-electron chi connectivity index (χ3n) is 5.89. The summed E-state index contributed by atoms with van der Waals surface area (Å²) in [6, 6.07) is 8.60. The summed E-state index contributed by atoms with van der Waals surface area (Å²) in [5.41, 5.74) is 2.82. The van der Waals surface area contributed by atoms with Gasteiger partial charge in [0, 0.05) is 0 Å². The Kier molecular flexibility index (Phi) is 5.78. The van der Waals surface area contributed by atoms with Crippen molar-refractivity contribution in [2.45, 2.75) is 20.4 Å². The number of nitrogens with zero attached hydrogens (tertiary/aromatic N) is 1. The Morgan fingerprint density at radius 3 is 2.74 bits per heavy atom. The topological polar surface area (TPSA) is 93.2 Å². The zero-order valence-corrected chi connectivity index (χ0v) is 20.4. The van der Waals surface area contributed by atoms with Crippen LogP contribution in [0.2, 0.25) is 0 Å². The van der Waals surface area contributed by atoms with Gasteiger partial charge in [0.2, 0.25) is 0 Å². The summed E-state index contributed by atoms with van der Waals surface area (Å²) in [6.07, 6.45) is 1.58. The van der Waals surface area contributed by atoms with E-state index < -0.39 is 23.2 Å². The van der Waals surface area contributed by atoms with Crippen molar-refractivity contribution in [2.24, 2.45) is 0 Å². The number of rotatable bonds is 5. The van der Waals surface area contributed by atoms with Gasteiger partial charge < -0.3 is 0 Å². The molecule has 3 heterocycles. The number of aromatic amines is 1. The number of hydrogen-bond donors (Lipinski definition) is 2. The molecule has 1 aliphatic heterocycles. The zero-order chi connectivity index (χ0) is 24.9. The Labute approximate surface area is 204 Å². The monoisotopic (exact) mass is 543 g/mol. The summed E-state index contributed by atoms with van der Waals surface area (Å²) in [5.74, 6) is -1.95. The van der Waals surface area contributed by atoms with E-state index in [-0.39, 0.29) is 44.8 Å². The number of carbonyl (C=O) groups excluding carboxylic acids is 2. The molecule has 35 heavy (non-hydrogen) atoms. The number of fused-ring (bicyclic) bond motifs is 2. The number of anilines is 1. The van der Waals surface area contributed by atoms with Gasteiger partial charge in [0.15, 0.2) is 0 Å². The number of H-pyrrole nitrogens is 1. The molecule has 0 unspecified atom stereocenters. The number of nitrogens with one attached hydrogen (secondary N) is 2. The molecule has 2 N–H and O–H groups in total. The molecular formula is C25H19F2N3O4Se. The quantitative estimate of drug-likeness (QED) is 0.229. The Morgan fingerprint density at radius 1 is 1.17 bits per heavy atom. The molecular weight excluding hydrogens is 523 g/mol. The van der Waals surface area contributed by atoms with Crippen LogP contribution >= 0.6 is 0 Å². The Balaban J connectivity index is 1.35. The van der Waals surface area contributed by atoms with Crippen molar-refractivity contribution in [3.63, 3.8) is 0 Å². The number of aromatic nitrogens is 2. The van der Waals surface area contributed by atoms with Gasteiger partial charge in [-0.2, -0.15) is 0 Å². The summed E-state index contributed by atoms with van der Waals surface area (Å²) in [7, 11) is 0. The second-order valence-corrected chi connectivity index (χ2v) is 10.3. The van der Waals surface area contributed by atoms with E-state index in [1.807, 2.05) is 0 Å². The van der Waals surface area contributed by atoms with Crippen LogP contribution in [0.4, 0.5) is 14.5 Å². The number of esters is 1. The third-order valence-corrected chi connectivity index (χ3v) is 8.21. The first kappa shape index (κ1) is 23.0. The Bertz CT molecular complexity index is 1610. The molecule has 5 rings (SSSR count). The second-order valence-electron chi connectivity index (χ2n) is 8.11. The molecule has 1 amide bonds.